The molecular weight excluding hydrogens is 464 g/mol. The summed E-state index contributed by atoms with van der Waals surface area (Å²) in [5, 5.41) is 4.97. The zero-order valence-electron chi connectivity index (χ0n) is 19.5. The van der Waals surface area contributed by atoms with Gasteiger partial charge in [-0.15, -0.1) is 0 Å². The third-order valence-corrected chi connectivity index (χ3v) is 6.13. The number of carbonyl (C=O) groups excluding carboxylic acids is 1. The summed E-state index contributed by atoms with van der Waals surface area (Å²) in [5.74, 6) is 0.758. The predicted molar refractivity (Wildman–Crippen MR) is 138 cm³/mol. The maximum atomic E-state index is 13.3. The Labute approximate surface area is 206 Å². The summed E-state index contributed by atoms with van der Waals surface area (Å²) in [6.07, 6.45) is 1.49. The molecule has 0 aliphatic heterocycles. The lowest BCUT2D eigenvalue weighted by molar-refractivity contribution is -0.118. The maximum Gasteiger partial charge on any atom is 0.266 e. The largest absolute Gasteiger partial charge is 0.493 e. The highest BCUT2D eigenvalue weighted by molar-refractivity contribution is 7.99. The Morgan fingerprint density at radius 2 is 1.83 bits per heavy atom. The molecule has 0 aliphatic carbocycles. The van der Waals surface area contributed by atoms with Gasteiger partial charge in [-0.2, -0.15) is 5.10 Å². The van der Waals surface area contributed by atoms with Crippen LogP contribution in [0.3, 0.4) is 0 Å². The third-order valence-electron chi connectivity index (χ3n) is 5.20. The highest BCUT2D eigenvalue weighted by Gasteiger charge is 2.15. The zero-order chi connectivity index (χ0) is 24.8. The Kier molecular flexibility index (Phi) is 7.47. The third kappa shape index (κ3) is 5.36. The number of rotatable bonds is 8. The zero-order valence-corrected chi connectivity index (χ0v) is 20.3. The Balaban J connectivity index is 1.55. The van der Waals surface area contributed by atoms with E-state index < -0.39 is 0 Å². The number of thioether (sulfide) groups is 1. The van der Waals surface area contributed by atoms with Crippen LogP contribution in [0.15, 0.2) is 81.8 Å². The number of hydrogen-bond donors (Lipinski definition) is 1. The summed E-state index contributed by atoms with van der Waals surface area (Å²) < 4.78 is 12.2. The van der Waals surface area contributed by atoms with E-state index in [0.29, 0.717) is 38.8 Å². The molecule has 0 unspecified atom stereocenters. The molecule has 4 rings (SSSR count). The number of aryl methyl sites for hydroxylation is 1. The number of aromatic nitrogens is 2. The van der Waals surface area contributed by atoms with Gasteiger partial charge in [0.2, 0.25) is 0 Å². The van der Waals surface area contributed by atoms with E-state index in [4.69, 9.17) is 9.47 Å². The highest BCUT2D eigenvalue weighted by atomic mass is 32.2. The molecule has 0 fully saturated rings. The summed E-state index contributed by atoms with van der Waals surface area (Å²) >= 11 is 1.16. The first-order valence-corrected chi connectivity index (χ1v) is 11.7. The molecule has 3 aromatic carbocycles. The van der Waals surface area contributed by atoms with E-state index in [9.17, 15) is 9.59 Å². The van der Waals surface area contributed by atoms with Crippen molar-refractivity contribution in [1.82, 2.24) is 15.0 Å². The van der Waals surface area contributed by atoms with Crippen LogP contribution in [0.2, 0.25) is 0 Å². The highest BCUT2D eigenvalue weighted by Crippen LogP contribution is 2.29. The van der Waals surface area contributed by atoms with Crippen molar-refractivity contribution >= 4 is 34.8 Å². The average Bonchev–Trinajstić information content (AvgIpc) is 2.88. The van der Waals surface area contributed by atoms with Gasteiger partial charge in [0.1, 0.15) is 0 Å². The molecule has 1 N–H and O–H groups in total. The van der Waals surface area contributed by atoms with Gasteiger partial charge < -0.3 is 9.47 Å². The van der Waals surface area contributed by atoms with Crippen molar-refractivity contribution in [3.05, 3.63) is 88.2 Å². The number of nitrogens with one attached hydrogen (secondary N) is 1. The molecule has 0 atom stereocenters. The Hall–Kier alpha value is -4.11. The average molecular weight is 489 g/mol. The second-order valence-corrected chi connectivity index (χ2v) is 8.49. The molecule has 0 saturated heterocycles. The molecule has 1 aromatic heterocycles. The molecule has 4 aromatic rings. The van der Waals surface area contributed by atoms with Crippen molar-refractivity contribution in [2.45, 2.75) is 12.1 Å². The summed E-state index contributed by atoms with van der Waals surface area (Å²) in [6, 6.07) is 20.1. The number of para-hydroxylation sites is 2. The van der Waals surface area contributed by atoms with Crippen molar-refractivity contribution in [1.29, 1.82) is 0 Å². The molecule has 0 bridgehead atoms. The van der Waals surface area contributed by atoms with Crippen molar-refractivity contribution in [3.63, 3.8) is 0 Å². The van der Waals surface area contributed by atoms with Gasteiger partial charge in [0.05, 0.1) is 42.8 Å². The van der Waals surface area contributed by atoms with Crippen LogP contribution in [-0.2, 0) is 4.79 Å². The second kappa shape index (κ2) is 10.9. The van der Waals surface area contributed by atoms with Gasteiger partial charge in [0.15, 0.2) is 16.7 Å². The fourth-order valence-electron chi connectivity index (χ4n) is 3.48. The quantitative estimate of drug-likeness (QED) is 0.175. The van der Waals surface area contributed by atoms with Crippen LogP contribution in [0, 0.1) is 6.92 Å². The first-order valence-electron chi connectivity index (χ1n) is 10.8. The normalized spacial score (nSPS) is 11.1. The first kappa shape index (κ1) is 24.0. The van der Waals surface area contributed by atoms with E-state index >= 15 is 0 Å². The lowest BCUT2D eigenvalue weighted by Crippen LogP contribution is -2.24. The number of fused-ring (bicyclic) bond motifs is 1. The Morgan fingerprint density at radius 1 is 1.06 bits per heavy atom. The second-order valence-electron chi connectivity index (χ2n) is 7.55. The van der Waals surface area contributed by atoms with Crippen molar-refractivity contribution in [2.24, 2.45) is 5.10 Å². The number of nitrogens with zero attached hydrogens (tertiary/aromatic N) is 3. The fourth-order valence-corrected chi connectivity index (χ4v) is 4.29. The monoisotopic (exact) mass is 488 g/mol. The number of benzene rings is 3. The van der Waals surface area contributed by atoms with Gasteiger partial charge in [-0.25, -0.2) is 10.4 Å². The molecule has 1 heterocycles. The van der Waals surface area contributed by atoms with E-state index in [1.165, 1.54) is 17.9 Å². The molecule has 0 radical (unpaired) electrons. The minimum absolute atomic E-state index is 0.0171. The Bertz CT molecular complexity index is 1450. The standard InChI is InChI=1S/C26H24N4O4S/c1-17-11-13-19(14-12-17)30-25(32)20-8-4-5-9-21(20)28-26(30)35-16-23(31)29-27-15-18-7-6-10-22(33-2)24(18)34-3/h4-15H,16H2,1-3H3,(H,29,31). The van der Waals surface area contributed by atoms with Crippen molar-refractivity contribution in [3.8, 4) is 17.2 Å². The molecule has 9 heteroatoms. The topological polar surface area (TPSA) is 94.8 Å². The molecule has 1 amide bonds. The maximum absolute atomic E-state index is 13.3. The molecule has 0 saturated carbocycles. The Morgan fingerprint density at radius 3 is 2.57 bits per heavy atom. The number of ether oxygens (including phenoxy) is 2. The minimum atomic E-state index is -0.342. The molecule has 8 nitrogen and oxygen atoms in total. The minimum Gasteiger partial charge on any atom is -0.493 e. The van der Waals surface area contributed by atoms with Gasteiger partial charge in [-0.3, -0.25) is 14.2 Å². The van der Waals surface area contributed by atoms with Gasteiger partial charge in [0, 0.05) is 5.56 Å². The predicted octanol–water partition coefficient (Wildman–Crippen LogP) is 3.95. The molecular formula is C26H24N4O4S. The summed E-state index contributed by atoms with van der Waals surface area (Å²) in [5.41, 5.74) is 5.31. The summed E-state index contributed by atoms with van der Waals surface area (Å²) in [4.78, 5) is 30.4. The lowest BCUT2D eigenvalue weighted by Gasteiger charge is -2.13. The first-order chi connectivity index (χ1) is 17.0. The van der Waals surface area contributed by atoms with Crippen molar-refractivity contribution in [2.75, 3.05) is 20.0 Å². The molecule has 178 valence electrons. The van der Waals surface area contributed by atoms with Gasteiger partial charge >= 0.3 is 0 Å². The summed E-state index contributed by atoms with van der Waals surface area (Å²) in [7, 11) is 3.09. The smallest absolute Gasteiger partial charge is 0.266 e. The van der Waals surface area contributed by atoms with Crippen LogP contribution >= 0.6 is 11.8 Å². The van der Waals surface area contributed by atoms with Crippen LogP contribution < -0.4 is 20.5 Å². The van der Waals surface area contributed by atoms with Crippen molar-refractivity contribution < 1.29 is 14.3 Å². The van der Waals surface area contributed by atoms with Crippen LogP contribution in [0.4, 0.5) is 0 Å². The number of amides is 1. The van der Waals surface area contributed by atoms with E-state index in [1.807, 2.05) is 37.3 Å². The van der Waals surface area contributed by atoms with Gasteiger partial charge in [0.25, 0.3) is 11.5 Å². The number of hydrogen-bond acceptors (Lipinski definition) is 7. The van der Waals surface area contributed by atoms with Gasteiger partial charge in [-0.1, -0.05) is 47.7 Å². The summed E-state index contributed by atoms with van der Waals surface area (Å²) in [6.45, 7) is 1.98. The van der Waals surface area contributed by atoms with E-state index in [0.717, 1.165) is 17.3 Å². The number of methoxy groups -OCH3 is 2. The fraction of sp³-hybridized carbons (Fsp3) is 0.154. The van der Waals surface area contributed by atoms with Crippen LogP contribution in [0.25, 0.3) is 16.6 Å². The molecule has 0 aliphatic rings. The van der Waals surface area contributed by atoms with E-state index in [-0.39, 0.29) is 17.2 Å². The number of carbonyl (C=O) groups is 1. The lowest BCUT2D eigenvalue weighted by atomic mass is 10.2. The van der Waals surface area contributed by atoms with Crippen LogP contribution in [0.1, 0.15) is 11.1 Å². The van der Waals surface area contributed by atoms with E-state index in [1.54, 1.807) is 43.5 Å². The van der Waals surface area contributed by atoms with Crippen LogP contribution in [0.5, 0.6) is 11.5 Å². The molecule has 35 heavy (non-hydrogen) atoms. The number of hydrazone groups is 1. The van der Waals surface area contributed by atoms with Crippen LogP contribution in [-0.4, -0.2) is 41.6 Å². The van der Waals surface area contributed by atoms with E-state index in [2.05, 4.69) is 15.5 Å². The van der Waals surface area contributed by atoms with Gasteiger partial charge in [-0.05, 0) is 43.3 Å². The SMILES string of the molecule is COc1cccc(C=NNC(=O)CSc2nc3ccccc3c(=O)n2-c2ccc(C)cc2)c1OC. The molecule has 0 spiro atoms.